The summed E-state index contributed by atoms with van der Waals surface area (Å²) in [6.45, 7) is 6.09. The number of methoxy groups -OCH3 is 1. The van der Waals surface area contributed by atoms with Crippen LogP contribution in [-0.2, 0) is 0 Å². The van der Waals surface area contributed by atoms with E-state index in [2.05, 4.69) is 29.4 Å². The molecular formula is C17H22N2O2. The van der Waals surface area contributed by atoms with Gasteiger partial charge in [0.2, 0.25) is 5.88 Å². The van der Waals surface area contributed by atoms with Crippen molar-refractivity contribution in [2.75, 3.05) is 12.4 Å². The number of ether oxygens (including phenoxy) is 2. The van der Waals surface area contributed by atoms with Crippen molar-refractivity contribution < 1.29 is 9.47 Å². The summed E-state index contributed by atoms with van der Waals surface area (Å²) in [5.41, 5.74) is 2.07. The van der Waals surface area contributed by atoms with Crippen LogP contribution in [0.3, 0.4) is 0 Å². The van der Waals surface area contributed by atoms with Crippen molar-refractivity contribution in [3.63, 3.8) is 0 Å². The Morgan fingerprint density at radius 1 is 1.05 bits per heavy atom. The lowest BCUT2D eigenvalue weighted by atomic mass is 10.1. The van der Waals surface area contributed by atoms with Gasteiger partial charge in [0, 0.05) is 12.2 Å². The lowest BCUT2D eigenvalue weighted by Gasteiger charge is -2.19. The van der Waals surface area contributed by atoms with Gasteiger partial charge in [-0.25, -0.2) is 4.98 Å². The van der Waals surface area contributed by atoms with E-state index in [0.29, 0.717) is 5.88 Å². The second-order valence-corrected chi connectivity index (χ2v) is 5.16. The Morgan fingerprint density at radius 3 is 2.38 bits per heavy atom. The molecule has 0 saturated heterocycles. The maximum absolute atomic E-state index is 5.72. The van der Waals surface area contributed by atoms with Crippen LogP contribution in [0.5, 0.6) is 11.6 Å². The van der Waals surface area contributed by atoms with E-state index in [9.17, 15) is 0 Å². The fourth-order valence-electron chi connectivity index (χ4n) is 2.03. The average Bonchev–Trinajstić information content (AvgIpc) is 2.49. The predicted octanol–water partition coefficient (Wildman–Crippen LogP) is 4.05. The van der Waals surface area contributed by atoms with E-state index in [-0.39, 0.29) is 12.1 Å². The van der Waals surface area contributed by atoms with E-state index in [4.69, 9.17) is 9.47 Å². The lowest BCUT2D eigenvalue weighted by molar-refractivity contribution is 0.234. The third kappa shape index (κ3) is 4.12. The Morgan fingerprint density at radius 2 is 1.76 bits per heavy atom. The number of pyridine rings is 1. The van der Waals surface area contributed by atoms with E-state index in [1.165, 1.54) is 5.56 Å². The number of rotatable bonds is 6. The maximum atomic E-state index is 5.72. The Balaban J connectivity index is 2.13. The minimum Gasteiger partial charge on any atom is -0.497 e. The second-order valence-electron chi connectivity index (χ2n) is 5.16. The highest BCUT2D eigenvalue weighted by atomic mass is 16.5. The molecule has 2 rings (SSSR count). The number of nitrogens with one attached hydrogen (secondary N) is 1. The van der Waals surface area contributed by atoms with E-state index < -0.39 is 0 Å². The van der Waals surface area contributed by atoms with Crippen LogP contribution in [0.1, 0.15) is 32.4 Å². The average molecular weight is 286 g/mol. The van der Waals surface area contributed by atoms with Gasteiger partial charge in [-0.15, -0.1) is 0 Å². The molecule has 4 heteroatoms. The van der Waals surface area contributed by atoms with Gasteiger partial charge in [-0.05, 0) is 50.6 Å². The monoisotopic (exact) mass is 286 g/mol. The molecule has 112 valence electrons. The van der Waals surface area contributed by atoms with Gasteiger partial charge >= 0.3 is 0 Å². The van der Waals surface area contributed by atoms with Crippen LogP contribution in [0.25, 0.3) is 0 Å². The van der Waals surface area contributed by atoms with Crippen molar-refractivity contribution in [1.82, 2.24) is 4.98 Å². The summed E-state index contributed by atoms with van der Waals surface area (Å²) >= 11 is 0. The summed E-state index contributed by atoms with van der Waals surface area (Å²) in [6.07, 6.45) is 1.83. The minimum absolute atomic E-state index is 0.0942. The van der Waals surface area contributed by atoms with Crippen LogP contribution in [0.2, 0.25) is 0 Å². The van der Waals surface area contributed by atoms with Crippen LogP contribution < -0.4 is 14.8 Å². The summed E-state index contributed by atoms with van der Waals surface area (Å²) in [5.74, 6) is 1.49. The first-order valence-electron chi connectivity index (χ1n) is 7.12. The molecule has 4 nitrogen and oxygen atoms in total. The van der Waals surface area contributed by atoms with E-state index in [1.807, 2.05) is 38.1 Å². The molecule has 0 saturated carbocycles. The van der Waals surface area contributed by atoms with E-state index >= 15 is 0 Å². The van der Waals surface area contributed by atoms with Gasteiger partial charge in [-0.1, -0.05) is 12.1 Å². The molecule has 21 heavy (non-hydrogen) atoms. The molecule has 2 aromatic rings. The van der Waals surface area contributed by atoms with Crippen molar-refractivity contribution in [3.05, 3.63) is 48.2 Å². The first kappa shape index (κ1) is 15.2. The van der Waals surface area contributed by atoms with Crippen LogP contribution in [0.15, 0.2) is 42.6 Å². The van der Waals surface area contributed by atoms with Crippen LogP contribution in [0, 0.1) is 0 Å². The van der Waals surface area contributed by atoms with Crippen molar-refractivity contribution in [2.24, 2.45) is 0 Å². The van der Waals surface area contributed by atoms with Crippen molar-refractivity contribution in [2.45, 2.75) is 32.9 Å². The molecular weight excluding hydrogens is 264 g/mol. The normalized spacial score (nSPS) is 12.0. The Kier molecular flexibility index (Phi) is 5.04. The predicted molar refractivity (Wildman–Crippen MR) is 85.0 cm³/mol. The van der Waals surface area contributed by atoms with Gasteiger partial charge in [0.1, 0.15) is 5.75 Å². The molecule has 0 spiro atoms. The quantitative estimate of drug-likeness (QED) is 0.870. The SMILES string of the molecule is COc1ccc(C(C)Nc2cccnc2OC(C)C)cc1. The zero-order valence-corrected chi connectivity index (χ0v) is 13.0. The van der Waals surface area contributed by atoms with Gasteiger partial charge in [0.05, 0.1) is 18.9 Å². The van der Waals surface area contributed by atoms with Gasteiger partial charge in [-0.3, -0.25) is 0 Å². The smallest absolute Gasteiger partial charge is 0.237 e. The largest absolute Gasteiger partial charge is 0.497 e. The highest BCUT2D eigenvalue weighted by Gasteiger charge is 2.11. The minimum atomic E-state index is 0.0942. The molecule has 0 fully saturated rings. The number of nitrogens with zero attached hydrogens (tertiary/aromatic N) is 1. The fraction of sp³-hybridized carbons (Fsp3) is 0.353. The number of hydrogen-bond acceptors (Lipinski definition) is 4. The fourth-order valence-corrected chi connectivity index (χ4v) is 2.03. The third-order valence-corrected chi connectivity index (χ3v) is 3.11. The highest BCUT2D eigenvalue weighted by molar-refractivity contribution is 5.53. The molecule has 0 bridgehead atoms. The maximum Gasteiger partial charge on any atom is 0.237 e. The van der Waals surface area contributed by atoms with Crippen molar-refractivity contribution >= 4 is 5.69 Å². The van der Waals surface area contributed by atoms with Crippen LogP contribution in [-0.4, -0.2) is 18.2 Å². The van der Waals surface area contributed by atoms with Crippen molar-refractivity contribution in [1.29, 1.82) is 0 Å². The Hall–Kier alpha value is -2.23. The van der Waals surface area contributed by atoms with E-state index in [1.54, 1.807) is 13.3 Å². The molecule has 0 amide bonds. The Labute approximate surface area is 126 Å². The Bertz CT molecular complexity index is 567. The highest BCUT2D eigenvalue weighted by Crippen LogP contribution is 2.27. The number of hydrogen-bond donors (Lipinski definition) is 1. The molecule has 0 aliphatic heterocycles. The summed E-state index contributed by atoms with van der Waals surface area (Å²) in [4.78, 5) is 4.29. The molecule has 1 unspecified atom stereocenters. The van der Waals surface area contributed by atoms with E-state index in [0.717, 1.165) is 11.4 Å². The second kappa shape index (κ2) is 6.97. The summed E-state index contributed by atoms with van der Waals surface area (Å²) in [7, 11) is 1.67. The standard InChI is InChI=1S/C17H22N2O2/c1-12(2)21-17-16(6-5-11-18-17)19-13(3)14-7-9-15(20-4)10-8-14/h5-13,19H,1-4H3. The molecule has 1 aromatic carbocycles. The third-order valence-electron chi connectivity index (χ3n) is 3.11. The van der Waals surface area contributed by atoms with Gasteiger partial charge in [0.15, 0.2) is 0 Å². The summed E-state index contributed by atoms with van der Waals surface area (Å²) in [6, 6.07) is 12.0. The molecule has 0 radical (unpaired) electrons. The first-order valence-corrected chi connectivity index (χ1v) is 7.12. The number of anilines is 1. The first-order chi connectivity index (χ1) is 10.1. The zero-order chi connectivity index (χ0) is 15.2. The molecule has 1 N–H and O–H groups in total. The number of aromatic nitrogens is 1. The molecule has 0 aliphatic carbocycles. The summed E-state index contributed by atoms with van der Waals surface area (Å²) < 4.78 is 10.9. The molecule has 1 atom stereocenters. The molecule has 1 heterocycles. The van der Waals surface area contributed by atoms with Crippen LogP contribution >= 0.6 is 0 Å². The van der Waals surface area contributed by atoms with Crippen LogP contribution in [0.4, 0.5) is 5.69 Å². The zero-order valence-electron chi connectivity index (χ0n) is 13.0. The van der Waals surface area contributed by atoms with Crippen molar-refractivity contribution in [3.8, 4) is 11.6 Å². The molecule has 1 aromatic heterocycles. The van der Waals surface area contributed by atoms with Gasteiger partial charge < -0.3 is 14.8 Å². The number of benzene rings is 1. The summed E-state index contributed by atoms with van der Waals surface area (Å²) in [5, 5.41) is 3.44. The topological polar surface area (TPSA) is 43.4 Å². The van der Waals surface area contributed by atoms with Gasteiger partial charge in [0.25, 0.3) is 0 Å². The lowest BCUT2D eigenvalue weighted by Crippen LogP contribution is -2.12. The molecule has 0 aliphatic rings. The van der Waals surface area contributed by atoms with Gasteiger partial charge in [-0.2, -0.15) is 0 Å².